The molecule has 0 heterocycles. The maximum absolute atomic E-state index is 12.7. The van der Waals surface area contributed by atoms with E-state index in [0.717, 1.165) is 5.56 Å². The zero-order valence-electron chi connectivity index (χ0n) is 14.3. The Hall–Kier alpha value is -2.62. The molecule has 0 aromatic heterocycles. The van der Waals surface area contributed by atoms with Crippen molar-refractivity contribution in [2.75, 3.05) is 0 Å². The van der Waals surface area contributed by atoms with Gasteiger partial charge in [0.25, 0.3) is 5.91 Å². The fourth-order valence-electron chi connectivity index (χ4n) is 2.22. The summed E-state index contributed by atoms with van der Waals surface area (Å²) in [6.07, 6.45) is 0. The lowest BCUT2D eigenvalue weighted by atomic mass is 10.0. The van der Waals surface area contributed by atoms with E-state index in [2.05, 4.69) is 10.6 Å². The summed E-state index contributed by atoms with van der Waals surface area (Å²) in [7, 11) is 0. The smallest absolute Gasteiger partial charge is 0.252 e. The molecule has 2 N–H and O–H groups in total. The van der Waals surface area contributed by atoms with E-state index in [0.29, 0.717) is 11.5 Å². The van der Waals surface area contributed by atoms with Crippen molar-refractivity contribution in [1.29, 1.82) is 0 Å². The first-order chi connectivity index (χ1) is 11.5. The number of carbonyl (C=O) groups excluding carboxylic acids is 2. The third-order valence-corrected chi connectivity index (χ3v) is 4.08. The second kappa shape index (κ2) is 8.29. The predicted molar refractivity (Wildman–Crippen MR) is 95.5 cm³/mol. The van der Waals surface area contributed by atoms with E-state index >= 15 is 0 Å². The Balaban J connectivity index is 2.20. The molecule has 2 aromatic rings. The Morgan fingerprint density at radius 3 is 1.88 bits per heavy atom. The fraction of sp³-hybridized carbons (Fsp3) is 0.300. The largest absolute Gasteiger partial charge is 0.351 e. The monoisotopic (exact) mass is 324 g/mol. The Labute approximate surface area is 143 Å². The Morgan fingerprint density at radius 2 is 1.33 bits per heavy atom. The molecule has 0 saturated heterocycles. The van der Waals surface area contributed by atoms with Crippen LogP contribution in [-0.2, 0) is 4.79 Å². The summed E-state index contributed by atoms with van der Waals surface area (Å²) in [5, 5.41) is 5.82. The van der Waals surface area contributed by atoms with Gasteiger partial charge in [-0.1, -0.05) is 62.4 Å². The summed E-state index contributed by atoms with van der Waals surface area (Å²) in [5.74, 6) is -0.154. The average Bonchev–Trinajstić information content (AvgIpc) is 2.60. The SMILES string of the molecule is CC(C)C(C)NC(=O)C(NC(=O)c1ccccc1)c1ccccc1. The second-order valence-corrected chi connectivity index (χ2v) is 6.22. The van der Waals surface area contributed by atoms with Crippen molar-refractivity contribution < 1.29 is 9.59 Å². The Bertz CT molecular complexity index is 669. The molecule has 0 aliphatic carbocycles. The second-order valence-electron chi connectivity index (χ2n) is 6.22. The number of rotatable bonds is 6. The van der Waals surface area contributed by atoms with Crippen LogP contribution in [0.1, 0.15) is 42.7 Å². The van der Waals surface area contributed by atoms with Crippen LogP contribution in [0.3, 0.4) is 0 Å². The van der Waals surface area contributed by atoms with Gasteiger partial charge in [-0.05, 0) is 30.5 Å². The molecule has 2 amide bonds. The third kappa shape index (κ3) is 4.69. The fourth-order valence-corrected chi connectivity index (χ4v) is 2.22. The standard InChI is InChI=1S/C20H24N2O2/c1-14(2)15(3)21-20(24)18(16-10-6-4-7-11-16)22-19(23)17-12-8-5-9-13-17/h4-15,18H,1-3H3,(H,21,24)(H,22,23). The molecule has 0 spiro atoms. The van der Waals surface area contributed by atoms with E-state index in [-0.39, 0.29) is 17.9 Å². The zero-order valence-corrected chi connectivity index (χ0v) is 14.3. The van der Waals surface area contributed by atoms with E-state index in [1.807, 2.05) is 57.2 Å². The molecule has 0 fully saturated rings. The maximum atomic E-state index is 12.7. The van der Waals surface area contributed by atoms with E-state index in [4.69, 9.17) is 0 Å². The van der Waals surface area contributed by atoms with Gasteiger partial charge >= 0.3 is 0 Å². The van der Waals surface area contributed by atoms with Crippen LogP contribution in [0, 0.1) is 5.92 Å². The lowest BCUT2D eigenvalue weighted by Crippen LogP contribution is -2.45. The van der Waals surface area contributed by atoms with Crippen LogP contribution in [0.15, 0.2) is 60.7 Å². The van der Waals surface area contributed by atoms with Gasteiger partial charge in [0.05, 0.1) is 0 Å². The van der Waals surface area contributed by atoms with E-state index in [9.17, 15) is 9.59 Å². The highest BCUT2D eigenvalue weighted by atomic mass is 16.2. The molecule has 0 radical (unpaired) electrons. The molecule has 126 valence electrons. The van der Waals surface area contributed by atoms with Crippen molar-refractivity contribution in [3.63, 3.8) is 0 Å². The summed E-state index contributed by atoms with van der Waals surface area (Å²) < 4.78 is 0. The van der Waals surface area contributed by atoms with Crippen LogP contribution in [-0.4, -0.2) is 17.9 Å². The van der Waals surface area contributed by atoms with Crippen LogP contribution >= 0.6 is 0 Å². The quantitative estimate of drug-likeness (QED) is 0.856. The molecule has 0 aliphatic rings. The number of hydrogen-bond acceptors (Lipinski definition) is 2. The summed E-state index contributed by atoms with van der Waals surface area (Å²) in [6.45, 7) is 6.06. The first kappa shape index (κ1) is 17.7. The molecule has 0 saturated carbocycles. The normalized spacial score (nSPS) is 13.2. The minimum atomic E-state index is -0.722. The predicted octanol–water partition coefficient (Wildman–Crippen LogP) is 3.32. The highest BCUT2D eigenvalue weighted by Gasteiger charge is 2.24. The van der Waals surface area contributed by atoms with Crippen LogP contribution in [0.4, 0.5) is 0 Å². The van der Waals surface area contributed by atoms with Gasteiger partial charge in [0, 0.05) is 11.6 Å². The molecule has 2 rings (SSSR count). The van der Waals surface area contributed by atoms with Crippen LogP contribution in [0.5, 0.6) is 0 Å². The lowest BCUT2D eigenvalue weighted by molar-refractivity contribution is -0.124. The highest BCUT2D eigenvalue weighted by molar-refractivity contribution is 5.97. The van der Waals surface area contributed by atoms with Crippen LogP contribution in [0.2, 0.25) is 0 Å². The van der Waals surface area contributed by atoms with Crippen molar-refractivity contribution >= 4 is 11.8 Å². The molecular formula is C20H24N2O2. The summed E-state index contributed by atoms with van der Waals surface area (Å²) in [5.41, 5.74) is 1.29. The Kier molecular flexibility index (Phi) is 6.13. The van der Waals surface area contributed by atoms with Crippen molar-refractivity contribution in [2.45, 2.75) is 32.9 Å². The summed E-state index contributed by atoms with van der Waals surface area (Å²) in [6, 6.07) is 17.5. The van der Waals surface area contributed by atoms with Crippen molar-refractivity contribution in [3.8, 4) is 0 Å². The number of nitrogens with one attached hydrogen (secondary N) is 2. The van der Waals surface area contributed by atoms with Gasteiger partial charge < -0.3 is 10.6 Å². The molecule has 4 nitrogen and oxygen atoms in total. The molecule has 4 heteroatoms. The van der Waals surface area contributed by atoms with Gasteiger partial charge in [0.2, 0.25) is 5.91 Å². The van der Waals surface area contributed by atoms with Gasteiger partial charge in [0.15, 0.2) is 0 Å². The summed E-state index contributed by atoms with van der Waals surface area (Å²) in [4.78, 5) is 25.2. The third-order valence-electron chi connectivity index (χ3n) is 4.08. The molecule has 2 atom stereocenters. The topological polar surface area (TPSA) is 58.2 Å². The van der Waals surface area contributed by atoms with Gasteiger partial charge in [-0.15, -0.1) is 0 Å². The van der Waals surface area contributed by atoms with Gasteiger partial charge in [-0.2, -0.15) is 0 Å². The van der Waals surface area contributed by atoms with E-state index in [1.165, 1.54) is 0 Å². The van der Waals surface area contributed by atoms with Crippen LogP contribution < -0.4 is 10.6 Å². The van der Waals surface area contributed by atoms with Crippen molar-refractivity contribution in [2.24, 2.45) is 5.92 Å². The molecule has 0 bridgehead atoms. The van der Waals surface area contributed by atoms with E-state index in [1.54, 1.807) is 24.3 Å². The first-order valence-corrected chi connectivity index (χ1v) is 8.20. The van der Waals surface area contributed by atoms with Gasteiger partial charge in [0.1, 0.15) is 6.04 Å². The van der Waals surface area contributed by atoms with Crippen molar-refractivity contribution in [1.82, 2.24) is 10.6 Å². The molecule has 24 heavy (non-hydrogen) atoms. The molecule has 0 aliphatic heterocycles. The highest BCUT2D eigenvalue weighted by Crippen LogP contribution is 2.15. The molecule has 2 unspecified atom stereocenters. The first-order valence-electron chi connectivity index (χ1n) is 8.20. The molecule has 2 aromatic carbocycles. The average molecular weight is 324 g/mol. The number of hydrogen-bond donors (Lipinski definition) is 2. The van der Waals surface area contributed by atoms with E-state index < -0.39 is 6.04 Å². The maximum Gasteiger partial charge on any atom is 0.252 e. The summed E-state index contributed by atoms with van der Waals surface area (Å²) >= 11 is 0. The minimum absolute atomic E-state index is 0.0253. The van der Waals surface area contributed by atoms with Gasteiger partial charge in [-0.25, -0.2) is 0 Å². The Morgan fingerprint density at radius 1 is 0.792 bits per heavy atom. The zero-order chi connectivity index (χ0) is 17.5. The number of amides is 2. The minimum Gasteiger partial charge on any atom is -0.351 e. The van der Waals surface area contributed by atoms with Crippen LogP contribution in [0.25, 0.3) is 0 Å². The number of carbonyl (C=O) groups is 2. The number of benzene rings is 2. The lowest BCUT2D eigenvalue weighted by Gasteiger charge is -2.23. The van der Waals surface area contributed by atoms with Gasteiger partial charge in [-0.3, -0.25) is 9.59 Å². The molecular weight excluding hydrogens is 300 g/mol. The van der Waals surface area contributed by atoms with Crippen molar-refractivity contribution in [3.05, 3.63) is 71.8 Å².